The SMILES string of the molecule is c1ccc2c(c1)ccc1c2c2ccc3c4ccccc4sc3c2n1-c1ncncn1. The molecule has 3 aromatic heterocycles. The third-order valence-electron chi connectivity index (χ3n) is 5.84. The topological polar surface area (TPSA) is 43.6 Å². The molecule has 0 fully saturated rings. The summed E-state index contributed by atoms with van der Waals surface area (Å²) in [6, 6.07) is 26.0. The van der Waals surface area contributed by atoms with Crippen molar-refractivity contribution < 1.29 is 0 Å². The fourth-order valence-corrected chi connectivity index (χ4v) is 5.84. The van der Waals surface area contributed by atoms with E-state index in [1.54, 1.807) is 12.7 Å². The Kier molecular flexibility index (Phi) is 3.12. The van der Waals surface area contributed by atoms with Gasteiger partial charge in [-0.15, -0.1) is 11.3 Å². The Balaban J connectivity index is 1.81. The molecule has 5 heteroatoms. The van der Waals surface area contributed by atoms with Gasteiger partial charge in [-0.05, 0) is 22.9 Å². The maximum absolute atomic E-state index is 4.51. The first-order valence-corrected chi connectivity index (χ1v) is 10.6. The van der Waals surface area contributed by atoms with Crippen molar-refractivity contribution in [2.75, 3.05) is 0 Å². The Morgan fingerprint density at radius 3 is 2.33 bits per heavy atom. The van der Waals surface area contributed by atoms with E-state index in [1.807, 2.05) is 11.3 Å². The lowest BCUT2D eigenvalue weighted by molar-refractivity contribution is 0.941. The Labute approximate surface area is 175 Å². The summed E-state index contributed by atoms with van der Waals surface area (Å²) in [6.45, 7) is 0. The largest absolute Gasteiger partial charge is 0.276 e. The summed E-state index contributed by atoms with van der Waals surface area (Å²) >= 11 is 1.83. The van der Waals surface area contributed by atoms with Gasteiger partial charge in [0.15, 0.2) is 0 Å². The van der Waals surface area contributed by atoms with Crippen LogP contribution < -0.4 is 0 Å². The molecule has 0 aliphatic heterocycles. The molecule has 7 aromatic rings. The first-order valence-electron chi connectivity index (χ1n) is 9.79. The van der Waals surface area contributed by atoms with E-state index in [4.69, 9.17) is 0 Å². The van der Waals surface area contributed by atoms with Crippen molar-refractivity contribution in [2.24, 2.45) is 0 Å². The van der Waals surface area contributed by atoms with Crippen molar-refractivity contribution in [1.29, 1.82) is 0 Å². The van der Waals surface area contributed by atoms with Crippen LogP contribution in [0.15, 0.2) is 85.5 Å². The van der Waals surface area contributed by atoms with Crippen molar-refractivity contribution in [2.45, 2.75) is 0 Å². The van der Waals surface area contributed by atoms with Crippen LogP contribution in [-0.4, -0.2) is 19.5 Å². The fraction of sp³-hybridized carbons (Fsp3) is 0. The lowest BCUT2D eigenvalue weighted by Crippen LogP contribution is -2.00. The van der Waals surface area contributed by atoms with Crippen molar-refractivity contribution >= 4 is 64.1 Å². The van der Waals surface area contributed by atoms with Crippen molar-refractivity contribution in [3.8, 4) is 5.95 Å². The molecule has 0 amide bonds. The van der Waals surface area contributed by atoms with Crippen molar-refractivity contribution in [3.05, 3.63) is 85.5 Å². The third-order valence-corrected chi connectivity index (χ3v) is 7.03. The van der Waals surface area contributed by atoms with Gasteiger partial charge in [0.25, 0.3) is 0 Å². The number of benzene rings is 4. The summed E-state index contributed by atoms with van der Waals surface area (Å²) in [5.74, 6) is 0.644. The second kappa shape index (κ2) is 5.84. The Hall–Kier alpha value is -3.83. The third kappa shape index (κ3) is 2.02. The molecular formula is C25H14N4S. The Morgan fingerprint density at radius 2 is 1.43 bits per heavy atom. The summed E-state index contributed by atoms with van der Waals surface area (Å²) in [6.07, 6.45) is 3.12. The number of rotatable bonds is 1. The zero-order valence-corrected chi connectivity index (χ0v) is 16.6. The molecular weight excluding hydrogens is 388 g/mol. The molecule has 30 heavy (non-hydrogen) atoms. The highest BCUT2D eigenvalue weighted by molar-refractivity contribution is 7.26. The van der Waals surface area contributed by atoms with E-state index in [-0.39, 0.29) is 0 Å². The van der Waals surface area contributed by atoms with Crippen LogP contribution in [0.25, 0.3) is 58.7 Å². The monoisotopic (exact) mass is 402 g/mol. The highest BCUT2D eigenvalue weighted by Gasteiger charge is 2.20. The van der Waals surface area contributed by atoms with Crippen LogP contribution in [-0.2, 0) is 0 Å². The molecule has 0 atom stereocenters. The molecule has 140 valence electrons. The van der Waals surface area contributed by atoms with Gasteiger partial charge in [-0.3, -0.25) is 4.57 Å². The normalized spacial score (nSPS) is 12.0. The minimum absolute atomic E-state index is 0.644. The maximum Gasteiger partial charge on any atom is 0.237 e. The highest BCUT2D eigenvalue weighted by Crippen LogP contribution is 2.43. The Morgan fingerprint density at radius 1 is 0.667 bits per heavy atom. The molecule has 0 bridgehead atoms. The predicted molar refractivity (Wildman–Crippen MR) is 125 cm³/mol. The molecule has 7 rings (SSSR count). The van der Waals surface area contributed by atoms with E-state index in [9.17, 15) is 0 Å². The summed E-state index contributed by atoms with van der Waals surface area (Å²) < 4.78 is 4.74. The van der Waals surface area contributed by atoms with Crippen LogP contribution in [0.3, 0.4) is 0 Å². The number of thiophene rings is 1. The van der Waals surface area contributed by atoms with E-state index < -0.39 is 0 Å². The minimum atomic E-state index is 0.644. The van der Waals surface area contributed by atoms with Gasteiger partial charge in [-0.25, -0.2) is 15.0 Å². The summed E-state index contributed by atoms with van der Waals surface area (Å²) in [5, 5.41) is 7.50. The standard InChI is InChI=1S/C25H14N4S/c1-2-6-16-15(5-1)9-12-20-22(16)19-11-10-18-17-7-3-4-8-21(17)30-24(18)23(19)29(20)25-27-13-26-14-28-25/h1-14H. The number of aromatic nitrogens is 4. The van der Waals surface area contributed by atoms with Crippen LogP contribution in [0.1, 0.15) is 0 Å². The van der Waals surface area contributed by atoms with E-state index in [2.05, 4.69) is 92.3 Å². The molecule has 4 nitrogen and oxygen atoms in total. The van der Waals surface area contributed by atoms with Crippen molar-refractivity contribution in [1.82, 2.24) is 19.5 Å². The van der Waals surface area contributed by atoms with Gasteiger partial charge in [-0.2, -0.15) is 0 Å². The molecule has 0 saturated heterocycles. The summed E-state index contributed by atoms with van der Waals surface area (Å²) in [4.78, 5) is 13.0. The fourth-order valence-electron chi connectivity index (χ4n) is 4.60. The zero-order chi connectivity index (χ0) is 19.7. The average Bonchev–Trinajstić information content (AvgIpc) is 3.35. The first kappa shape index (κ1) is 16.0. The molecule has 0 aliphatic rings. The lowest BCUT2D eigenvalue weighted by atomic mass is 10.0. The highest BCUT2D eigenvalue weighted by atomic mass is 32.1. The van der Waals surface area contributed by atoms with Gasteiger partial charge in [0.1, 0.15) is 12.7 Å². The van der Waals surface area contributed by atoms with Gasteiger partial charge < -0.3 is 0 Å². The van der Waals surface area contributed by atoms with E-state index >= 15 is 0 Å². The molecule has 0 radical (unpaired) electrons. The molecule has 0 saturated carbocycles. The number of hydrogen-bond donors (Lipinski definition) is 0. The molecule has 0 unspecified atom stereocenters. The van der Waals surface area contributed by atoms with Gasteiger partial charge in [-0.1, -0.05) is 60.7 Å². The molecule has 0 N–H and O–H groups in total. The van der Waals surface area contributed by atoms with E-state index in [0.717, 1.165) is 11.0 Å². The zero-order valence-electron chi connectivity index (χ0n) is 15.8. The number of nitrogens with zero attached hydrogens (tertiary/aromatic N) is 4. The maximum atomic E-state index is 4.51. The molecule has 4 aromatic carbocycles. The smallest absolute Gasteiger partial charge is 0.237 e. The number of hydrogen-bond acceptors (Lipinski definition) is 4. The van der Waals surface area contributed by atoms with E-state index in [1.165, 1.54) is 41.7 Å². The number of fused-ring (bicyclic) bond motifs is 9. The lowest BCUT2D eigenvalue weighted by Gasteiger charge is -2.06. The Bertz CT molecular complexity index is 1750. The first-order chi connectivity index (χ1) is 14.9. The predicted octanol–water partition coefficient (Wildman–Crippen LogP) is 6.49. The molecule has 0 spiro atoms. The minimum Gasteiger partial charge on any atom is -0.276 e. The summed E-state index contributed by atoms with van der Waals surface area (Å²) in [7, 11) is 0. The second-order valence-corrected chi connectivity index (χ2v) is 8.44. The average molecular weight is 402 g/mol. The second-order valence-electron chi connectivity index (χ2n) is 7.39. The van der Waals surface area contributed by atoms with Crippen LogP contribution in [0.5, 0.6) is 0 Å². The molecule has 0 aliphatic carbocycles. The van der Waals surface area contributed by atoms with Gasteiger partial charge in [0.2, 0.25) is 5.95 Å². The van der Waals surface area contributed by atoms with E-state index in [0.29, 0.717) is 5.95 Å². The van der Waals surface area contributed by atoms with Crippen LogP contribution in [0, 0.1) is 0 Å². The van der Waals surface area contributed by atoms with Gasteiger partial charge >= 0.3 is 0 Å². The molecule has 3 heterocycles. The summed E-state index contributed by atoms with van der Waals surface area (Å²) in [5.41, 5.74) is 2.27. The van der Waals surface area contributed by atoms with Crippen LogP contribution >= 0.6 is 11.3 Å². The van der Waals surface area contributed by atoms with Gasteiger partial charge in [0, 0.05) is 26.2 Å². The van der Waals surface area contributed by atoms with Crippen LogP contribution in [0.2, 0.25) is 0 Å². The van der Waals surface area contributed by atoms with Crippen molar-refractivity contribution in [3.63, 3.8) is 0 Å². The van der Waals surface area contributed by atoms with Crippen LogP contribution in [0.4, 0.5) is 0 Å². The van der Waals surface area contributed by atoms with Gasteiger partial charge in [0.05, 0.1) is 15.7 Å². The quantitative estimate of drug-likeness (QED) is 0.315.